The van der Waals surface area contributed by atoms with Gasteiger partial charge in [0, 0.05) is 38.2 Å². The first-order valence-corrected chi connectivity index (χ1v) is 9.81. The lowest BCUT2D eigenvalue weighted by atomic mass is 10.3. The van der Waals surface area contributed by atoms with E-state index in [9.17, 15) is 4.79 Å². The molecule has 4 rings (SSSR count). The smallest absolute Gasteiger partial charge is 0.258 e. The maximum absolute atomic E-state index is 12.3. The SMILES string of the molecule is CC(NC(=O)COc1ccccc1)c1nnc2n1CCN(Cc1ccoc1)CC2. The van der Waals surface area contributed by atoms with Crippen LogP contribution in [0.4, 0.5) is 0 Å². The van der Waals surface area contributed by atoms with Crippen molar-refractivity contribution < 1.29 is 13.9 Å². The summed E-state index contributed by atoms with van der Waals surface area (Å²) in [6.07, 6.45) is 4.31. The zero-order valence-electron chi connectivity index (χ0n) is 16.5. The molecule has 0 aliphatic carbocycles. The Hall–Kier alpha value is -3.13. The molecule has 1 aromatic carbocycles. The van der Waals surface area contributed by atoms with E-state index in [4.69, 9.17) is 9.15 Å². The Kier molecular flexibility index (Phi) is 5.90. The molecule has 1 aliphatic rings. The Morgan fingerprint density at radius 3 is 2.86 bits per heavy atom. The molecule has 8 nitrogen and oxygen atoms in total. The Balaban J connectivity index is 1.33. The van der Waals surface area contributed by atoms with Crippen LogP contribution in [0.15, 0.2) is 53.3 Å². The van der Waals surface area contributed by atoms with Gasteiger partial charge < -0.3 is 19.0 Å². The van der Waals surface area contributed by atoms with Crippen LogP contribution in [0.25, 0.3) is 0 Å². The summed E-state index contributed by atoms with van der Waals surface area (Å²) in [5.41, 5.74) is 1.17. The molecule has 2 aromatic heterocycles. The zero-order valence-corrected chi connectivity index (χ0v) is 16.5. The molecular formula is C21H25N5O3. The van der Waals surface area contributed by atoms with E-state index in [2.05, 4.69) is 25.0 Å². The predicted octanol–water partition coefficient (Wildman–Crippen LogP) is 2.19. The number of hydrogen-bond acceptors (Lipinski definition) is 6. The van der Waals surface area contributed by atoms with E-state index in [1.54, 1.807) is 12.5 Å². The van der Waals surface area contributed by atoms with Crippen molar-refractivity contribution in [2.45, 2.75) is 32.5 Å². The van der Waals surface area contributed by atoms with Crippen LogP contribution in [0.1, 0.15) is 30.2 Å². The lowest BCUT2D eigenvalue weighted by molar-refractivity contribution is -0.123. The minimum atomic E-state index is -0.247. The molecule has 0 saturated heterocycles. The van der Waals surface area contributed by atoms with Crippen LogP contribution < -0.4 is 10.1 Å². The summed E-state index contributed by atoms with van der Waals surface area (Å²) < 4.78 is 12.8. The number of ether oxygens (including phenoxy) is 1. The molecule has 3 aromatic rings. The summed E-state index contributed by atoms with van der Waals surface area (Å²) in [5, 5.41) is 11.6. The normalized spacial score (nSPS) is 15.3. The number of rotatable bonds is 7. The van der Waals surface area contributed by atoms with Gasteiger partial charge in [-0.25, -0.2) is 0 Å². The van der Waals surface area contributed by atoms with Gasteiger partial charge in [-0.05, 0) is 25.1 Å². The number of nitrogens with zero attached hydrogens (tertiary/aromatic N) is 4. The van der Waals surface area contributed by atoms with Crippen molar-refractivity contribution in [2.75, 3.05) is 19.7 Å². The number of hydrogen-bond donors (Lipinski definition) is 1. The number of carbonyl (C=O) groups is 1. The van der Waals surface area contributed by atoms with Gasteiger partial charge in [-0.15, -0.1) is 10.2 Å². The van der Waals surface area contributed by atoms with Crippen LogP contribution >= 0.6 is 0 Å². The molecule has 0 saturated carbocycles. The van der Waals surface area contributed by atoms with Gasteiger partial charge in [0.05, 0.1) is 18.6 Å². The number of aromatic nitrogens is 3. The standard InChI is InChI=1S/C21H25N5O3/c1-16(22-20(27)15-29-18-5-3-2-4-6-18)21-24-23-19-7-9-25(10-11-26(19)21)13-17-8-12-28-14-17/h2-6,8,12,14,16H,7,9-11,13,15H2,1H3,(H,22,27). The van der Waals surface area contributed by atoms with Crippen molar-refractivity contribution >= 4 is 5.91 Å². The van der Waals surface area contributed by atoms with E-state index in [0.29, 0.717) is 5.75 Å². The van der Waals surface area contributed by atoms with Crippen LogP contribution in [0, 0.1) is 0 Å². The number of amides is 1. The minimum Gasteiger partial charge on any atom is -0.484 e. The quantitative estimate of drug-likeness (QED) is 0.660. The fourth-order valence-corrected chi connectivity index (χ4v) is 3.52. The van der Waals surface area contributed by atoms with Crippen molar-refractivity contribution in [3.63, 3.8) is 0 Å². The molecule has 1 atom stereocenters. The third-order valence-electron chi connectivity index (χ3n) is 5.01. The average Bonchev–Trinajstić information content (AvgIpc) is 3.34. The fraction of sp³-hybridized carbons (Fsp3) is 0.381. The van der Waals surface area contributed by atoms with Crippen LogP contribution in [-0.2, 0) is 24.3 Å². The molecule has 1 amide bonds. The Morgan fingerprint density at radius 2 is 2.07 bits per heavy atom. The van der Waals surface area contributed by atoms with Gasteiger partial charge >= 0.3 is 0 Å². The average molecular weight is 395 g/mol. The first-order chi connectivity index (χ1) is 14.2. The molecule has 0 bridgehead atoms. The number of nitrogens with one attached hydrogen (secondary N) is 1. The van der Waals surface area contributed by atoms with Crippen molar-refractivity contribution in [1.82, 2.24) is 25.0 Å². The van der Waals surface area contributed by atoms with Crippen molar-refractivity contribution in [2.24, 2.45) is 0 Å². The van der Waals surface area contributed by atoms with Crippen LogP contribution in [-0.4, -0.2) is 45.3 Å². The van der Waals surface area contributed by atoms with E-state index < -0.39 is 0 Å². The Morgan fingerprint density at radius 1 is 1.21 bits per heavy atom. The minimum absolute atomic E-state index is 0.0339. The number of carbonyl (C=O) groups excluding carboxylic acids is 1. The second-order valence-electron chi connectivity index (χ2n) is 7.17. The lowest BCUT2D eigenvalue weighted by Gasteiger charge is -2.19. The highest BCUT2D eigenvalue weighted by Crippen LogP contribution is 2.17. The maximum atomic E-state index is 12.3. The van der Waals surface area contributed by atoms with E-state index in [0.717, 1.165) is 44.2 Å². The fourth-order valence-electron chi connectivity index (χ4n) is 3.52. The van der Waals surface area contributed by atoms with Crippen LogP contribution in [0.3, 0.4) is 0 Å². The monoisotopic (exact) mass is 395 g/mol. The molecule has 1 N–H and O–H groups in total. The molecule has 0 fully saturated rings. The second kappa shape index (κ2) is 8.91. The van der Waals surface area contributed by atoms with E-state index in [-0.39, 0.29) is 18.6 Å². The summed E-state index contributed by atoms with van der Waals surface area (Å²) in [6, 6.07) is 11.0. The molecule has 1 aliphatic heterocycles. The van der Waals surface area contributed by atoms with Gasteiger partial charge in [-0.1, -0.05) is 18.2 Å². The predicted molar refractivity (Wildman–Crippen MR) is 106 cm³/mol. The van der Waals surface area contributed by atoms with Crippen molar-refractivity contribution in [3.05, 3.63) is 66.1 Å². The summed E-state index contributed by atoms with van der Waals surface area (Å²) >= 11 is 0. The molecule has 29 heavy (non-hydrogen) atoms. The lowest BCUT2D eigenvalue weighted by Crippen LogP contribution is -2.33. The molecule has 152 valence electrons. The number of para-hydroxylation sites is 1. The molecule has 1 unspecified atom stereocenters. The van der Waals surface area contributed by atoms with E-state index in [1.165, 1.54) is 5.56 Å². The molecule has 3 heterocycles. The van der Waals surface area contributed by atoms with E-state index >= 15 is 0 Å². The summed E-state index contributed by atoms with van der Waals surface area (Å²) in [7, 11) is 0. The topological polar surface area (TPSA) is 85.4 Å². The number of furan rings is 1. The van der Waals surface area contributed by atoms with Gasteiger partial charge in [0.25, 0.3) is 5.91 Å². The summed E-state index contributed by atoms with van der Waals surface area (Å²) in [5.74, 6) is 2.22. The van der Waals surface area contributed by atoms with Gasteiger partial charge in [-0.3, -0.25) is 9.69 Å². The number of benzene rings is 1. The number of fused-ring (bicyclic) bond motifs is 1. The highest BCUT2D eigenvalue weighted by Gasteiger charge is 2.23. The first-order valence-electron chi connectivity index (χ1n) is 9.81. The zero-order chi connectivity index (χ0) is 20.1. The van der Waals surface area contributed by atoms with E-state index in [1.807, 2.05) is 43.3 Å². The molecule has 8 heteroatoms. The first kappa shape index (κ1) is 19.2. The van der Waals surface area contributed by atoms with Gasteiger partial charge in [0.2, 0.25) is 0 Å². The van der Waals surface area contributed by atoms with Gasteiger partial charge in [0.1, 0.15) is 11.6 Å². The highest BCUT2D eigenvalue weighted by atomic mass is 16.5. The third kappa shape index (κ3) is 4.83. The van der Waals surface area contributed by atoms with Gasteiger partial charge in [-0.2, -0.15) is 0 Å². The highest BCUT2D eigenvalue weighted by molar-refractivity contribution is 5.77. The van der Waals surface area contributed by atoms with Crippen molar-refractivity contribution in [3.8, 4) is 5.75 Å². The maximum Gasteiger partial charge on any atom is 0.258 e. The van der Waals surface area contributed by atoms with Gasteiger partial charge in [0.15, 0.2) is 12.4 Å². The van der Waals surface area contributed by atoms with Crippen molar-refractivity contribution in [1.29, 1.82) is 0 Å². The molecule has 0 spiro atoms. The Labute approximate surface area is 169 Å². The summed E-state index contributed by atoms with van der Waals surface area (Å²) in [4.78, 5) is 14.7. The molecule has 0 radical (unpaired) electrons. The second-order valence-corrected chi connectivity index (χ2v) is 7.17. The van der Waals surface area contributed by atoms with Crippen LogP contribution in [0.2, 0.25) is 0 Å². The largest absolute Gasteiger partial charge is 0.484 e. The Bertz CT molecular complexity index is 923. The molecular weight excluding hydrogens is 370 g/mol. The van der Waals surface area contributed by atoms with Crippen LogP contribution in [0.5, 0.6) is 5.75 Å². The summed E-state index contributed by atoms with van der Waals surface area (Å²) in [6.45, 7) is 5.33. The third-order valence-corrected chi connectivity index (χ3v) is 5.01.